The van der Waals surface area contributed by atoms with Crippen LogP contribution in [0.4, 0.5) is 0 Å². The van der Waals surface area contributed by atoms with Crippen molar-refractivity contribution in [3.8, 4) is 0 Å². The lowest BCUT2D eigenvalue weighted by Gasteiger charge is -2.18. The van der Waals surface area contributed by atoms with Gasteiger partial charge >= 0.3 is 0 Å². The molecule has 0 saturated carbocycles. The smallest absolute Gasteiger partial charge is 0.197 e. The zero-order chi connectivity index (χ0) is 7.31. The van der Waals surface area contributed by atoms with Crippen LogP contribution in [-0.4, -0.2) is 25.3 Å². The molecule has 3 heteroatoms. The third-order valence-corrected chi connectivity index (χ3v) is 2.40. The molecule has 58 valence electrons. The molecule has 2 heterocycles. The molecule has 0 amide bonds. The van der Waals surface area contributed by atoms with Crippen LogP contribution in [0, 0.1) is 0 Å². The summed E-state index contributed by atoms with van der Waals surface area (Å²) in [5, 5.41) is 0. The second kappa shape index (κ2) is 1.75. The van der Waals surface area contributed by atoms with Crippen molar-refractivity contribution in [1.82, 2.24) is 0 Å². The molecule has 0 bridgehead atoms. The maximum atomic E-state index is 5.49. The van der Waals surface area contributed by atoms with Crippen LogP contribution in [0.25, 0.3) is 0 Å². The van der Waals surface area contributed by atoms with E-state index in [9.17, 15) is 0 Å². The quantitative estimate of drug-likeness (QED) is 0.508. The molecule has 1 spiro atoms. The molecule has 0 N–H and O–H groups in total. The van der Waals surface area contributed by atoms with Gasteiger partial charge in [-0.3, -0.25) is 0 Å². The average molecular weight is 152 g/mol. The molecule has 0 aromatic rings. The largest absolute Gasteiger partial charge is 0.344 e. The summed E-state index contributed by atoms with van der Waals surface area (Å²) >= 11 is 0. The number of rotatable bonds is 0. The molecular weight excluding hydrogens is 144 g/mol. The van der Waals surface area contributed by atoms with Gasteiger partial charge in [-0.2, -0.15) is 0 Å². The summed E-state index contributed by atoms with van der Waals surface area (Å²) in [6, 6.07) is 0. The van der Waals surface area contributed by atoms with Gasteiger partial charge in [-0.25, -0.2) is 0 Å². The van der Waals surface area contributed by atoms with Crippen molar-refractivity contribution >= 4 is 0 Å². The Morgan fingerprint density at radius 1 is 1.45 bits per heavy atom. The average Bonchev–Trinajstić information content (AvgIpc) is 2.55. The second-order valence-corrected chi connectivity index (χ2v) is 2.92. The van der Waals surface area contributed by atoms with Gasteiger partial charge in [0.05, 0.1) is 6.61 Å². The lowest BCUT2D eigenvalue weighted by molar-refractivity contribution is -0.0913. The Morgan fingerprint density at radius 2 is 2.45 bits per heavy atom. The minimum atomic E-state index is -0.347. The van der Waals surface area contributed by atoms with Gasteiger partial charge in [0.15, 0.2) is 18.7 Å². The Kier molecular flexibility index (Phi) is 0.943. The Morgan fingerprint density at radius 3 is 3.45 bits per heavy atom. The molecule has 2 saturated heterocycles. The van der Waals surface area contributed by atoms with Crippen LogP contribution in [0.2, 0.25) is 0 Å². The first kappa shape index (κ1) is 5.94. The normalized spacial score (nSPS) is 45.8. The van der Waals surface area contributed by atoms with Gasteiger partial charge in [0.25, 0.3) is 0 Å². The minimum Gasteiger partial charge on any atom is -0.344 e. The summed E-state index contributed by atoms with van der Waals surface area (Å²) in [6.07, 6.45) is 5.84. The van der Waals surface area contributed by atoms with Gasteiger partial charge in [0, 0.05) is 0 Å². The molecule has 0 aromatic heterocycles. The van der Waals surface area contributed by atoms with E-state index in [0.717, 1.165) is 0 Å². The SMILES string of the molecule is C1=CC23OCOC2OCC3=C1. The molecule has 3 aliphatic rings. The van der Waals surface area contributed by atoms with E-state index in [0.29, 0.717) is 13.4 Å². The Hall–Kier alpha value is -0.640. The fourth-order valence-electron chi connectivity index (χ4n) is 1.80. The Balaban J connectivity index is 2.12. The van der Waals surface area contributed by atoms with E-state index in [1.165, 1.54) is 5.57 Å². The van der Waals surface area contributed by atoms with Crippen molar-refractivity contribution in [2.75, 3.05) is 13.4 Å². The van der Waals surface area contributed by atoms with E-state index in [-0.39, 0.29) is 11.9 Å². The van der Waals surface area contributed by atoms with Crippen molar-refractivity contribution in [1.29, 1.82) is 0 Å². The third-order valence-electron chi connectivity index (χ3n) is 2.40. The summed E-state index contributed by atoms with van der Waals surface area (Å²) < 4.78 is 16.1. The lowest BCUT2D eigenvalue weighted by atomic mass is 10.0. The number of allylic oxidation sites excluding steroid dienone is 2. The molecular formula is C8H8O3. The van der Waals surface area contributed by atoms with Crippen molar-refractivity contribution < 1.29 is 14.2 Å². The predicted octanol–water partition coefficient (Wildman–Crippen LogP) is 0.582. The van der Waals surface area contributed by atoms with Gasteiger partial charge in [-0.15, -0.1) is 0 Å². The Bertz CT molecular complexity index is 256. The van der Waals surface area contributed by atoms with Gasteiger partial charge in [-0.05, 0) is 11.6 Å². The maximum Gasteiger partial charge on any atom is 0.197 e. The molecule has 11 heavy (non-hydrogen) atoms. The molecule has 2 fully saturated rings. The zero-order valence-corrected chi connectivity index (χ0v) is 5.95. The fraction of sp³-hybridized carbons (Fsp3) is 0.500. The summed E-state index contributed by atoms with van der Waals surface area (Å²) in [5.41, 5.74) is 0.833. The highest BCUT2D eigenvalue weighted by Gasteiger charge is 2.53. The van der Waals surface area contributed by atoms with Crippen LogP contribution in [0.3, 0.4) is 0 Å². The van der Waals surface area contributed by atoms with Gasteiger partial charge in [0.1, 0.15) is 0 Å². The maximum absolute atomic E-state index is 5.49. The van der Waals surface area contributed by atoms with Gasteiger partial charge < -0.3 is 14.2 Å². The van der Waals surface area contributed by atoms with Crippen molar-refractivity contribution in [3.05, 3.63) is 23.8 Å². The molecule has 0 radical (unpaired) electrons. The highest BCUT2D eigenvalue weighted by Crippen LogP contribution is 2.43. The molecule has 3 rings (SSSR count). The number of ether oxygens (including phenoxy) is 3. The predicted molar refractivity (Wildman–Crippen MR) is 36.7 cm³/mol. The van der Waals surface area contributed by atoms with E-state index < -0.39 is 0 Å². The highest BCUT2D eigenvalue weighted by molar-refractivity contribution is 5.41. The molecule has 1 aliphatic carbocycles. The second-order valence-electron chi connectivity index (χ2n) is 2.92. The standard InChI is InChI=1S/C8H8O3/c1-2-6-4-9-7-8(6,3-1)11-5-10-7/h1-3,7H,4-5H2. The molecule has 0 aromatic carbocycles. The van der Waals surface area contributed by atoms with E-state index in [1.807, 2.05) is 18.2 Å². The number of hydrogen-bond donors (Lipinski definition) is 0. The molecule has 2 aliphatic heterocycles. The molecule has 2 unspecified atom stereocenters. The van der Waals surface area contributed by atoms with Crippen molar-refractivity contribution in [2.24, 2.45) is 0 Å². The van der Waals surface area contributed by atoms with Gasteiger partial charge in [-0.1, -0.05) is 12.2 Å². The van der Waals surface area contributed by atoms with Crippen LogP contribution in [0.1, 0.15) is 0 Å². The van der Waals surface area contributed by atoms with E-state index >= 15 is 0 Å². The van der Waals surface area contributed by atoms with E-state index in [4.69, 9.17) is 14.2 Å². The van der Waals surface area contributed by atoms with E-state index in [1.54, 1.807) is 0 Å². The summed E-state index contributed by atoms with van der Waals surface area (Å²) in [5.74, 6) is 0. The zero-order valence-electron chi connectivity index (χ0n) is 5.95. The lowest BCUT2D eigenvalue weighted by Crippen LogP contribution is -2.32. The monoisotopic (exact) mass is 152 g/mol. The molecule has 2 atom stereocenters. The first-order valence-electron chi connectivity index (χ1n) is 3.68. The van der Waals surface area contributed by atoms with Gasteiger partial charge in [0.2, 0.25) is 0 Å². The highest BCUT2D eigenvalue weighted by atomic mass is 16.8. The first-order valence-corrected chi connectivity index (χ1v) is 3.68. The number of hydrogen-bond acceptors (Lipinski definition) is 3. The van der Waals surface area contributed by atoms with Crippen molar-refractivity contribution in [3.63, 3.8) is 0 Å². The minimum absolute atomic E-state index is 0.201. The van der Waals surface area contributed by atoms with Crippen LogP contribution in [0.5, 0.6) is 0 Å². The summed E-state index contributed by atoms with van der Waals surface area (Å²) in [6.45, 7) is 0.976. The first-order chi connectivity index (χ1) is 5.42. The van der Waals surface area contributed by atoms with Crippen molar-refractivity contribution in [2.45, 2.75) is 11.9 Å². The van der Waals surface area contributed by atoms with Crippen LogP contribution >= 0.6 is 0 Å². The Labute approximate surface area is 64.2 Å². The van der Waals surface area contributed by atoms with Crippen LogP contribution in [0.15, 0.2) is 23.8 Å². The van der Waals surface area contributed by atoms with Crippen LogP contribution < -0.4 is 0 Å². The summed E-state index contributed by atoms with van der Waals surface area (Å²) in [7, 11) is 0. The molecule has 3 nitrogen and oxygen atoms in total. The third kappa shape index (κ3) is 0.550. The van der Waals surface area contributed by atoms with E-state index in [2.05, 4.69) is 0 Å². The fourth-order valence-corrected chi connectivity index (χ4v) is 1.80. The topological polar surface area (TPSA) is 27.7 Å². The summed E-state index contributed by atoms with van der Waals surface area (Å²) in [4.78, 5) is 0. The van der Waals surface area contributed by atoms with Crippen LogP contribution in [-0.2, 0) is 14.2 Å².